The van der Waals surface area contributed by atoms with Crippen molar-refractivity contribution in [2.24, 2.45) is 7.05 Å². The van der Waals surface area contributed by atoms with Gasteiger partial charge in [0.2, 0.25) is 5.89 Å². The molecule has 0 amide bonds. The first-order chi connectivity index (χ1) is 11.6. The van der Waals surface area contributed by atoms with E-state index in [0.29, 0.717) is 35.1 Å². The molecule has 1 saturated heterocycles. The molecule has 9 heteroatoms. The summed E-state index contributed by atoms with van der Waals surface area (Å²) in [5.41, 5.74) is 0.457. The lowest BCUT2D eigenvalue weighted by atomic mass is 9.98. The van der Waals surface area contributed by atoms with E-state index in [-0.39, 0.29) is 11.5 Å². The maximum absolute atomic E-state index is 12.1. The standard InChI is InChI=1S/C15H19N7O2/c1-9-17-15(24-20-9)10-4-3-5-22(7-10)8-12-18-13-11(14(23)19-12)6-16-21(13)2/h6,10H,3-5,7-8H2,1-2H3,(H,18,19,23)/t10-/m0/s1. The Morgan fingerprint density at radius 3 is 3.08 bits per heavy atom. The number of hydrogen-bond acceptors (Lipinski definition) is 7. The van der Waals surface area contributed by atoms with Gasteiger partial charge in [-0.1, -0.05) is 5.16 Å². The van der Waals surface area contributed by atoms with Crippen LogP contribution in [0.4, 0.5) is 0 Å². The molecule has 9 nitrogen and oxygen atoms in total. The van der Waals surface area contributed by atoms with Crippen LogP contribution in [0.25, 0.3) is 11.0 Å². The number of aromatic amines is 1. The van der Waals surface area contributed by atoms with Gasteiger partial charge >= 0.3 is 0 Å². The molecule has 1 aliphatic rings. The molecule has 1 atom stereocenters. The average molecular weight is 329 g/mol. The van der Waals surface area contributed by atoms with Crippen LogP contribution in [0.1, 0.15) is 36.3 Å². The molecule has 0 spiro atoms. The van der Waals surface area contributed by atoms with Gasteiger partial charge in [-0.15, -0.1) is 0 Å². The highest BCUT2D eigenvalue weighted by Crippen LogP contribution is 2.26. The number of likely N-dealkylation sites (tertiary alicyclic amines) is 1. The van der Waals surface area contributed by atoms with Gasteiger partial charge in [0.05, 0.1) is 18.7 Å². The van der Waals surface area contributed by atoms with E-state index in [2.05, 4.69) is 30.1 Å². The Kier molecular flexibility index (Phi) is 3.64. The van der Waals surface area contributed by atoms with Crippen LogP contribution in [-0.2, 0) is 13.6 Å². The van der Waals surface area contributed by atoms with E-state index in [1.54, 1.807) is 17.9 Å². The van der Waals surface area contributed by atoms with Gasteiger partial charge in [-0.2, -0.15) is 10.1 Å². The lowest BCUT2D eigenvalue weighted by molar-refractivity contribution is 0.176. The number of piperidine rings is 1. The summed E-state index contributed by atoms with van der Waals surface area (Å²) in [4.78, 5) is 26.1. The van der Waals surface area contributed by atoms with E-state index in [4.69, 9.17) is 4.52 Å². The van der Waals surface area contributed by atoms with Crippen molar-refractivity contribution in [3.63, 3.8) is 0 Å². The van der Waals surface area contributed by atoms with E-state index >= 15 is 0 Å². The summed E-state index contributed by atoms with van der Waals surface area (Å²) in [6.07, 6.45) is 3.62. The Bertz CT molecular complexity index is 925. The quantitative estimate of drug-likeness (QED) is 0.755. The van der Waals surface area contributed by atoms with Crippen molar-refractivity contribution in [1.82, 2.24) is 34.8 Å². The fourth-order valence-corrected chi connectivity index (χ4v) is 3.24. The maximum Gasteiger partial charge on any atom is 0.262 e. The lowest BCUT2D eigenvalue weighted by Crippen LogP contribution is -2.35. The molecule has 4 heterocycles. The van der Waals surface area contributed by atoms with Gasteiger partial charge in [0.25, 0.3) is 5.56 Å². The molecule has 24 heavy (non-hydrogen) atoms. The summed E-state index contributed by atoms with van der Waals surface area (Å²) in [6, 6.07) is 0. The smallest absolute Gasteiger partial charge is 0.262 e. The summed E-state index contributed by atoms with van der Waals surface area (Å²) in [6.45, 7) is 4.18. The van der Waals surface area contributed by atoms with Gasteiger partial charge in [0, 0.05) is 13.6 Å². The monoisotopic (exact) mass is 329 g/mol. The number of hydrogen-bond donors (Lipinski definition) is 1. The Morgan fingerprint density at radius 2 is 2.29 bits per heavy atom. The molecule has 0 saturated carbocycles. The summed E-state index contributed by atoms with van der Waals surface area (Å²) in [7, 11) is 1.79. The second kappa shape index (κ2) is 5.82. The maximum atomic E-state index is 12.1. The second-order valence-corrected chi connectivity index (χ2v) is 6.27. The minimum Gasteiger partial charge on any atom is -0.339 e. The van der Waals surface area contributed by atoms with Crippen LogP contribution >= 0.6 is 0 Å². The Balaban J connectivity index is 1.54. The van der Waals surface area contributed by atoms with Crippen molar-refractivity contribution in [3.05, 3.63) is 34.1 Å². The van der Waals surface area contributed by atoms with Crippen molar-refractivity contribution in [2.45, 2.75) is 32.2 Å². The molecule has 1 aliphatic heterocycles. The minimum atomic E-state index is -0.149. The van der Waals surface area contributed by atoms with E-state index in [0.717, 1.165) is 25.9 Å². The van der Waals surface area contributed by atoms with Crippen LogP contribution in [0.15, 0.2) is 15.5 Å². The van der Waals surface area contributed by atoms with Crippen molar-refractivity contribution >= 4 is 11.0 Å². The third-order valence-electron chi connectivity index (χ3n) is 4.42. The average Bonchev–Trinajstić information content (AvgIpc) is 3.15. The molecule has 3 aromatic heterocycles. The first-order valence-electron chi connectivity index (χ1n) is 8.03. The Labute approximate surface area is 137 Å². The molecule has 4 rings (SSSR count). The highest BCUT2D eigenvalue weighted by Gasteiger charge is 2.26. The van der Waals surface area contributed by atoms with Gasteiger partial charge in [-0.3, -0.25) is 14.4 Å². The summed E-state index contributed by atoms with van der Waals surface area (Å²) in [5.74, 6) is 2.24. The highest BCUT2D eigenvalue weighted by molar-refractivity contribution is 5.72. The third-order valence-corrected chi connectivity index (χ3v) is 4.42. The summed E-state index contributed by atoms with van der Waals surface area (Å²) in [5, 5.41) is 8.48. The molecule has 0 aromatic carbocycles. The number of fused-ring (bicyclic) bond motifs is 1. The zero-order valence-corrected chi connectivity index (χ0v) is 13.7. The number of nitrogens with one attached hydrogen (secondary N) is 1. The highest BCUT2D eigenvalue weighted by atomic mass is 16.5. The predicted octanol–water partition coefficient (Wildman–Crippen LogP) is 0.728. The number of aromatic nitrogens is 6. The summed E-state index contributed by atoms with van der Waals surface area (Å²) >= 11 is 0. The molecule has 3 aromatic rings. The van der Waals surface area contributed by atoms with Crippen LogP contribution in [0.2, 0.25) is 0 Å². The van der Waals surface area contributed by atoms with Gasteiger partial charge in [-0.25, -0.2) is 4.98 Å². The van der Waals surface area contributed by atoms with Gasteiger partial charge < -0.3 is 9.51 Å². The first-order valence-corrected chi connectivity index (χ1v) is 8.03. The van der Waals surface area contributed by atoms with Crippen LogP contribution in [0, 0.1) is 6.92 Å². The van der Waals surface area contributed by atoms with E-state index < -0.39 is 0 Å². The van der Waals surface area contributed by atoms with Crippen LogP contribution < -0.4 is 5.56 Å². The second-order valence-electron chi connectivity index (χ2n) is 6.27. The topological polar surface area (TPSA) is 106 Å². The van der Waals surface area contributed by atoms with Gasteiger partial charge in [0.1, 0.15) is 11.2 Å². The Hall–Kier alpha value is -2.55. The van der Waals surface area contributed by atoms with E-state index in [9.17, 15) is 4.79 Å². The fourth-order valence-electron chi connectivity index (χ4n) is 3.24. The van der Waals surface area contributed by atoms with Crippen LogP contribution in [0.3, 0.4) is 0 Å². The molecule has 0 radical (unpaired) electrons. The number of H-pyrrole nitrogens is 1. The predicted molar refractivity (Wildman–Crippen MR) is 85.4 cm³/mol. The third kappa shape index (κ3) is 2.71. The molecular formula is C15H19N7O2. The van der Waals surface area contributed by atoms with Crippen molar-refractivity contribution in [3.8, 4) is 0 Å². The van der Waals surface area contributed by atoms with Crippen LogP contribution in [0.5, 0.6) is 0 Å². The molecule has 126 valence electrons. The van der Waals surface area contributed by atoms with Crippen molar-refractivity contribution in [2.75, 3.05) is 13.1 Å². The number of nitrogens with zero attached hydrogens (tertiary/aromatic N) is 6. The molecule has 0 unspecified atom stereocenters. The lowest BCUT2D eigenvalue weighted by Gasteiger charge is -2.30. The van der Waals surface area contributed by atoms with E-state index in [1.165, 1.54) is 0 Å². The summed E-state index contributed by atoms with van der Waals surface area (Å²) < 4.78 is 6.93. The first kappa shape index (κ1) is 15.0. The Morgan fingerprint density at radius 1 is 1.42 bits per heavy atom. The fraction of sp³-hybridized carbons (Fsp3) is 0.533. The van der Waals surface area contributed by atoms with E-state index in [1.807, 2.05) is 6.92 Å². The molecule has 1 fully saturated rings. The SMILES string of the molecule is Cc1noc([C@H]2CCCN(Cc3nc4c(cnn4C)c(=O)[nH]3)C2)n1. The molecule has 1 N–H and O–H groups in total. The van der Waals surface area contributed by atoms with Gasteiger partial charge in [0.15, 0.2) is 11.5 Å². The molecular weight excluding hydrogens is 310 g/mol. The van der Waals surface area contributed by atoms with Gasteiger partial charge in [-0.05, 0) is 26.3 Å². The number of aryl methyl sites for hydroxylation is 2. The normalized spacial score (nSPS) is 19.2. The van der Waals surface area contributed by atoms with Crippen molar-refractivity contribution < 1.29 is 4.52 Å². The zero-order valence-electron chi connectivity index (χ0n) is 13.7. The van der Waals surface area contributed by atoms with Crippen LogP contribution in [-0.4, -0.2) is 47.9 Å². The molecule has 0 aliphatic carbocycles. The van der Waals surface area contributed by atoms with Crippen molar-refractivity contribution in [1.29, 1.82) is 0 Å². The number of rotatable bonds is 3. The largest absolute Gasteiger partial charge is 0.339 e. The minimum absolute atomic E-state index is 0.149. The zero-order chi connectivity index (χ0) is 16.7. The molecule has 0 bridgehead atoms.